The predicted molar refractivity (Wildman–Crippen MR) is 70.7 cm³/mol. The van der Waals surface area contributed by atoms with E-state index in [1.54, 1.807) is 6.08 Å². The van der Waals surface area contributed by atoms with Crippen LogP contribution in [0.2, 0.25) is 0 Å². The minimum absolute atomic E-state index is 0.193. The summed E-state index contributed by atoms with van der Waals surface area (Å²) in [6.45, 7) is 4.55. The van der Waals surface area contributed by atoms with Gasteiger partial charge in [-0.1, -0.05) is 45.1 Å². The van der Waals surface area contributed by atoms with Gasteiger partial charge in [0.25, 0.3) is 0 Å². The zero-order valence-electron chi connectivity index (χ0n) is 11.3. The van der Waals surface area contributed by atoms with E-state index in [0.717, 1.165) is 5.92 Å². The Kier molecular flexibility index (Phi) is 6.99. The SMILES string of the molecule is CCCCCCC[C@H]1C[C@@H]1/C=C/C(=O)OCC. The van der Waals surface area contributed by atoms with Gasteiger partial charge in [0, 0.05) is 6.08 Å². The molecule has 0 aromatic rings. The van der Waals surface area contributed by atoms with Gasteiger partial charge >= 0.3 is 5.97 Å². The van der Waals surface area contributed by atoms with E-state index in [4.69, 9.17) is 4.74 Å². The van der Waals surface area contributed by atoms with Gasteiger partial charge < -0.3 is 4.74 Å². The summed E-state index contributed by atoms with van der Waals surface area (Å²) in [5.41, 5.74) is 0. The Morgan fingerprint density at radius 3 is 2.71 bits per heavy atom. The summed E-state index contributed by atoms with van der Waals surface area (Å²) in [4.78, 5) is 11.1. The van der Waals surface area contributed by atoms with Crippen molar-refractivity contribution in [2.24, 2.45) is 11.8 Å². The van der Waals surface area contributed by atoms with Crippen LogP contribution in [0.3, 0.4) is 0 Å². The van der Waals surface area contributed by atoms with Gasteiger partial charge in [0.05, 0.1) is 6.61 Å². The number of hydrogen-bond donors (Lipinski definition) is 0. The van der Waals surface area contributed by atoms with Crippen LogP contribution >= 0.6 is 0 Å². The maximum absolute atomic E-state index is 11.1. The van der Waals surface area contributed by atoms with Crippen molar-refractivity contribution in [1.82, 2.24) is 0 Å². The smallest absolute Gasteiger partial charge is 0.330 e. The Morgan fingerprint density at radius 2 is 2.00 bits per heavy atom. The number of carbonyl (C=O) groups excluding carboxylic acids is 1. The number of hydrogen-bond acceptors (Lipinski definition) is 2. The highest BCUT2D eigenvalue weighted by atomic mass is 16.5. The Bertz CT molecular complexity index is 245. The first kappa shape index (κ1) is 14.3. The minimum atomic E-state index is -0.193. The fourth-order valence-electron chi connectivity index (χ4n) is 2.24. The van der Waals surface area contributed by atoms with Crippen molar-refractivity contribution in [1.29, 1.82) is 0 Å². The molecule has 2 atom stereocenters. The molecule has 1 fully saturated rings. The van der Waals surface area contributed by atoms with Gasteiger partial charge in [-0.2, -0.15) is 0 Å². The minimum Gasteiger partial charge on any atom is -0.463 e. The van der Waals surface area contributed by atoms with Crippen LogP contribution in [0, 0.1) is 11.8 Å². The van der Waals surface area contributed by atoms with Crippen molar-refractivity contribution < 1.29 is 9.53 Å². The average molecular weight is 238 g/mol. The van der Waals surface area contributed by atoms with Gasteiger partial charge in [-0.25, -0.2) is 4.79 Å². The lowest BCUT2D eigenvalue weighted by atomic mass is 10.1. The largest absolute Gasteiger partial charge is 0.463 e. The summed E-state index contributed by atoms with van der Waals surface area (Å²) in [5.74, 6) is 1.29. The normalized spacial score (nSPS) is 22.9. The van der Waals surface area contributed by atoms with Crippen LogP contribution in [-0.4, -0.2) is 12.6 Å². The molecule has 98 valence electrons. The molecule has 0 bridgehead atoms. The molecule has 17 heavy (non-hydrogen) atoms. The van der Waals surface area contributed by atoms with E-state index in [9.17, 15) is 4.79 Å². The molecule has 0 heterocycles. The standard InChI is InChI=1S/C15H26O2/c1-3-5-6-7-8-9-13-12-14(13)10-11-15(16)17-4-2/h10-11,13-14H,3-9,12H2,1-2H3/b11-10+/t13-,14-/m0/s1. The maximum atomic E-state index is 11.1. The third-order valence-electron chi connectivity index (χ3n) is 3.42. The van der Waals surface area contributed by atoms with Gasteiger partial charge in [0.15, 0.2) is 0 Å². The molecule has 0 aliphatic heterocycles. The number of rotatable bonds is 9. The summed E-state index contributed by atoms with van der Waals surface area (Å²) in [7, 11) is 0. The number of ether oxygens (including phenoxy) is 1. The molecule has 0 unspecified atom stereocenters. The Morgan fingerprint density at radius 1 is 1.24 bits per heavy atom. The third-order valence-corrected chi connectivity index (χ3v) is 3.42. The van der Waals surface area contributed by atoms with Crippen molar-refractivity contribution in [3.63, 3.8) is 0 Å². The van der Waals surface area contributed by atoms with Crippen LogP contribution in [0.15, 0.2) is 12.2 Å². The van der Waals surface area contributed by atoms with E-state index in [2.05, 4.69) is 6.92 Å². The van der Waals surface area contributed by atoms with Crippen molar-refractivity contribution in [3.8, 4) is 0 Å². The van der Waals surface area contributed by atoms with Crippen molar-refractivity contribution in [3.05, 3.63) is 12.2 Å². The molecule has 1 saturated carbocycles. The Hall–Kier alpha value is -0.790. The first-order valence-electron chi connectivity index (χ1n) is 7.12. The van der Waals surface area contributed by atoms with Crippen LogP contribution in [-0.2, 0) is 9.53 Å². The molecule has 1 aliphatic rings. The van der Waals surface area contributed by atoms with Crippen molar-refractivity contribution in [2.75, 3.05) is 6.61 Å². The second-order valence-corrected chi connectivity index (χ2v) is 4.97. The molecular formula is C15H26O2. The fraction of sp³-hybridized carbons (Fsp3) is 0.800. The Labute approximate surface area is 105 Å². The molecule has 0 amide bonds. The van der Waals surface area contributed by atoms with Gasteiger partial charge in [-0.05, 0) is 31.6 Å². The average Bonchev–Trinajstić information content (AvgIpc) is 3.05. The second kappa shape index (κ2) is 8.32. The third kappa shape index (κ3) is 6.50. The second-order valence-electron chi connectivity index (χ2n) is 4.97. The zero-order chi connectivity index (χ0) is 12.5. The van der Waals surface area contributed by atoms with Gasteiger partial charge in [0.2, 0.25) is 0 Å². The molecule has 1 aliphatic carbocycles. The lowest BCUT2D eigenvalue weighted by Crippen LogP contribution is -1.99. The number of unbranched alkanes of at least 4 members (excludes halogenated alkanes) is 4. The summed E-state index contributed by atoms with van der Waals surface area (Å²) in [6, 6.07) is 0. The summed E-state index contributed by atoms with van der Waals surface area (Å²) < 4.78 is 4.85. The molecule has 0 spiro atoms. The van der Waals surface area contributed by atoms with Crippen LogP contribution in [0.4, 0.5) is 0 Å². The highest BCUT2D eigenvalue weighted by molar-refractivity contribution is 5.81. The van der Waals surface area contributed by atoms with Crippen molar-refractivity contribution in [2.45, 2.75) is 58.8 Å². The molecule has 0 saturated heterocycles. The number of esters is 1. The van der Waals surface area contributed by atoms with E-state index in [0.29, 0.717) is 12.5 Å². The highest BCUT2D eigenvalue weighted by Crippen LogP contribution is 2.43. The quantitative estimate of drug-likeness (QED) is 0.343. The summed E-state index contributed by atoms with van der Waals surface area (Å²) in [5, 5.41) is 0. The molecule has 1 rings (SSSR count). The topological polar surface area (TPSA) is 26.3 Å². The highest BCUT2D eigenvalue weighted by Gasteiger charge is 2.33. The fourth-order valence-corrected chi connectivity index (χ4v) is 2.24. The first-order valence-corrected chi connectivity index (χ1v) is 7.12. The molecule has 2 nitrogen and oxygen atoms in total. The van der Waals surface area contributed by atoms with Crippen LogP contribution in [0.5, 0.6) is 0 Å². The van der Waals surface area contributed by atoms with E-state index in [-0.39, 0.29) is 5.97 Å². The molecule has 0 N–H and O–H groups in total. The van der Waals surface area contributed by atoms with Crippen LogP contribution in [0.1, 0.15) is 58.8 Å². The lowest BCUT2D eigenvalue weighted by molar-refractivity contribution is -0.137. The lowest BCUT2D eigenvalue weighted by Gasteiger charge is -1.99. The molecule has 0 aromatic carbocycles. The molecule has 2 heteroatoms. The van der Waals surface area contributed by atoms with Crippen LogP contribution < -0.4 is 0 Å². The Balaban J connectivity index is 1.99. The molecular weight excluding hydrogens is 212 g/mol. The predicted octanol–water partition coefficient (Wildman–Crippen LogP) is 4.10. The number of allylic oxidation sites excluding steroid dienone is 1. The van der Waals surface area contributed by atoms with E-state index in [1.807, 2.05) is 13.0 Å². The van der Waals surface area contributed by atoms with Crippen LogP contribution in [0.25, 0.3) is 0 Å². The van der Waals surface area contributed by atoms with Crippen molar-refractivity contribution >= 4 is 5.97 Å². The van der Waals surface area contributed by atoms with Gasteiger partial charge in [0.1, 0.15) is 0 Å². The van der Waals surface area contributed by atoms with Gasteiger partial charge in [-0.3, -0.25) is 0 Å². The monoisotopic (exact) mass is 238 g/mol. The number of carbonyl (C=O) groups is 1. The summed E-state index contributed by atoms with van der Waals surface area (Å²) >= 11 is 0. The summed E-state index contributed by atoms with van der Waals surface area (Å²) in [6.07, 6.45) is 13.0. The zero-order valence-corrected chi connectivity index (χ0v) is 11.3. The molecule has 0 radical (unpaired) electrons. The first-order chi connectivity index (χ1) is 8.27. The molecule has 0 aromatic heterocycles. The van der Waals surface area contributed by atoms with E-state index in [1.165, 1.54) is 44.9 Å². The van der Waals surface area contributed by atoms with Gasteiger partial charge in [-0.15, -0.1) is 0 Å². The van der Waals surface area contributed by atoms with E-state index >= 15 is 0 Å². The van der Waals surface area contributed by atoms with E-state index < -0.39 is 0 Å². The maximum Gasteiger partial charge on any atom is 0.330 e.